The highest BCUT2D eigenvalue weighted by atomic mass is 32.2. The molecule has 0 fully saturated rings. The molecule has 148 valence electrons. The summed E-state index contributed by atoms with van der Waals surface area (Å²) in [6.07, 6.45) is 1.40. The Hall–Kier alpha value is -2.03. The number of sulfonamides is 1. The quantitative estimate of drug-likeness (QED) is 0.684. The van der Waals surface area contributed by atoms with Gasteiger partial charge in [-0.05, 0) is 12.8 Å². The van der Waals surface area contributed by atoms with Crippen molar-refractivity contribution in [2.75, 3.05) is 33.3 Å². The molecule has 1 aromatic carbocycles. The van der Waals surface area contributed by atoms with Crippen LogP contribution in [0.4, 0.5) is 0 Å². The maximum atomic E-state index is 13.2. The van der Waals surface area contributed by atoms with Crippen LogP contribution in [0.3, 0.4) is 0 Å². The van der Waals surface area contributed by atoms with E-state index in [4.69, 9.17) is 5.11 Å². The first-order valence-electron chi connectivity index (χ1n) is 9.06. The minimum Gasteiger partial charge on any atom is -0.395 e. The molecule has 7 nitrogen and oxygen atoms in total. The molecule has 0 aliphatic heterocycles. The summed E-state index contributed by atoms with van der Waals surface area (Å²) >= 11 is 0. The number of benzene rings is 1. The highest BCUT2D eigenvalue weighted by Crippen LogP contribution is 2.32. The average Bonchev–Trinajstić information content (AvgIpc) is 2.64. The molecular weight excluding hydrogens is 368 g/mol. The van der Waals surface area contributed by atoms with E-state index >= 15 is 0 Å². The molecule has 0 saturated heterocycles. The molecule has 0 bridgehead atoms. The molecule has 1 aliphatic carbocycles. The smallest absolute Gasteiger partial charge is 0.249 e. The van der Waals surface area contributed by atoms with Gasteiger partial charge in [0.15, 0.2) is 4.91 Å². The SMILES string of the molecule is CCCN(CCC)C1=C(S(=O)(=O)N(C)CCO)C(=O)c2ccccc2C1=O. The van der Waals surface area contributed by atoms with Gasteiger partial charge in [-0.15, -0.1) is 0 Å². The lowest BCUT2D eigenvalue weighted by molar-refractivity contribution is 0.0945. The zero-order valence-corrected chi connectivity index (χ0v) is 16.8. The lowest BCUT2D eigenvalue weighted by Crippen LogP contribution is -2.41. The fourth-order valence-electron chi connectivity index (χ4n) is 3.16. The monoisotopic (exact) mass is 394 g/mol. The number of hydrogen-bond acceptors (Lipinski definition) is 6. The first-order chi connectivity index (χ1) is 12.8. The maximum Gasteiger partial charge on any atom is 0.249 e. The van der Waals surface area contributed by atoms with Gasteiger partial charge < -0.3 is 10.0 Å². The highest BCUT2D eigenvalue weighted by molar-refractivity contribution is 7.94. The van der Waals surface area contributed by atoms with Gasteiger partial charge in [0.1, 0.15) is 5.70 Å². The second kappa shape index (κ2) is 8.77. The Kier molecular flexibility index (Phi) is 6.91. The third-order valence-electron chi connectivity index (χ3n) is 4.44. The van der Waals surface area contributed by atoms with Crippen molar-refractivity contribution in [3.63, 3.8) is 0 Å². The lowest BCUT2D eigenvalue weighted by atomic mass is 9.91. The summed E-state index contributed by atoms with van der Waals surface area (Å²) in [5, 5.41) is 9.13. The lowest BCUT2D eigenvalue weighted by Gasteiger charge is -2.32. The Balaban J connectivity index is 2.77. The van der Waals surface area contributed by atoms with Gasteiger partial charge in [0.2, 0.25) is 21.6 Å². The van der Waals surface area contributed by atoms with Gasteiger partial charge in [0, 0.05) is 37.8 Å². The average molecular weight is 394 g/mol. The van der Waals surface area contributed by atoms with Gasteiger partial charge in [-0.3, -0.25) is 9.59 Å². The van der Waals surface area contributed by atoms with E-state index in [9.17, 15) is 18.0 Å². The molecule has 8 heteroatoms. The Morgan fingerprint density at radius 3 is 1.93 bits per heavy atom. The number of aliphatic hydroxyl groups excluding tert-OH is 1. The number of rotatable bonds is 9. The van der Waals surface area contributed by atoms with Crippen molar-refractivity contribution in [2.45, 2.75) is 26.7 Å². The van der Waals surface area contributed by atoms with Crippen molar-refractivity contribution in [1.82, 2.24) is 9.21 Å². The number of likely N-dealkylation sites (N-methyl/N-ethyl adjacent to an activating group) is 1. The van der Waals surface area contributed by atoms with Crippen LogP contribution in [0.1, 0.15) is 47.4 Å². The van der Waals surface area contributed by atoms with Crippen molar-refractivity contribution in [3.8, 4) is 0 Å². The standard InChI is InChI=1S/C19H26N2O5S/c1-4-10-21(11-5-2)16-17(23)14-8-6-7-9-15(14)18(24)19(16)27(25,26)20(3)12-13-22/h6-9,22H,4-5,10-13H2,1-3H3. The Labute approximate surface area is 160 Å². The van der Waals surface area contributed by atoms with Crippen LogP contribution in [0.2, 0.25) is 0 Å². The van der Waals surface area contributed by atoms with Crippen LogP contribution >= 0.6 is 0 Å². The van der Waals surface area contributed by atoms with Gasteiger partial charge in [0.25, 0.3) is 0 Å². The highest BCUT2D eigenvalue weighted by Gasteiger charge is 2.42. The van der Waals surface area contributed by atoms with Crippen molar-refractivity contribution >= 4 is 21.6 Å². The summed E-state index contributed by atoms with van der Waals surface area (Å²) in [5.74, 6) is -1.13. The van der Waals surface area contributed by atoms with E-state index in [1.54, 1.807) is 23.1 Å². The molecule has 27 heavy (non-hydrogen) atoms. The fraction of sp³-hybridized carbons (Fsp3) is 0.474. The van der Waals surface area contributed by atoms with Crippen LogP contribution in [0, 0.1) is 0 Å². The van der Waals surface area contributed by atoms with Gasteiger partial charge >= 0.3 is 0 Å². The number of hydrogen-bond donors (Lipinski definition) is 1. The van der Waals surface area contributed by atoms with Crippen LogP contribution in [0.5, 0.6) is 0 Å². The first kappa shape index (κ1) is 21.3. The molecular formula is C19H26N2O5S. The zero-order valence-electron chi connectivity index (χ0n) is 15.9. The van der Waals surface area contributed by atoms with E-state index < -0.39 is 26.5 Å². The minimum atomic E-state index is -4.24. The number of carbonyl (C=O) groups excluding carboxylic acids is 2. The summed E-state index contributed by atoms with van der Waals surface area (Å²) in [4.78, 5) is 27.5. The largest absolute Gasteiger partial charge is 0.395 e. The van der Waals surface area contributed by atoms with Crippen LogP contribution in [0.25, 0.3) is 0 Å². The summed E-state index contributed by atoms with van der Waals surface area (Å²) < 4.78 is 27.2. The molecule has 0 radical (unpaired) electrons. The number of aliphatic hydroxyl groups is 1. The molecule has 1 aliphatic rings. The molecule has 0 amide bonds. The molecule has 0 saturated carbocycles. The molecule has 0 spiro atoms. The van der Waals surface area contributed by atoms with E-state index in [0.717, 1.165) is 4.31 Å². The summed E-state index contributed by atoms with van der Waals surface area (Å²) in [6.45, 7) is 4.24. The van der Waals surface area contributed by atoms with E-state index in [1.165, 1.54) is 13.1 Å². The topological polar surface area (TPSA) is 95.0 Å². The predicted octanol–water partition coefficient (Wildman–Crippen LogP) is 1.65. The molecule has 2 rings (SSSR count). The summed E-state index contributed by atoms with van der Waals surface area (Å²) in [6, 6.07) is 6.28. The van der Waals surface area contributed by atoms with Crippen LogP contribution in [-0.2, 0) is 10.0 Å². The Morgan fingerprint density at radius 1 is 0.926 bits per heavy atom. The summed E-state index contributed by atoms with van der Waals surface area (Å²) in [7, 11) is -2.95. The van der Waals surface area contributed by atoms with Crippen molar-refractivity contribution in [1.29, 1.82) is 0 Å². The zero-order chi connectivity index (χ0) is 20.2. The van der Waals surface area contributed by atoms with E-state index in [2.05, 4.69) is 0 Å². The number of nitrogens with zero attached hydrogens (tertiary/aromatic N) is 2. The van der Waals surface area contributed by atoms with Gasteiger partial charge in [-0.1, -0.05) is 38.1 Å². The maximum absolute atomic E-state index is 13.2. The second-order valence-corrected chi connectivity index (χ2v) is 8.40. The van der Waals surface area contributed by atoms with E-state index in [-0.39, 0.29) is 30.0 Å². The second-order valence-electron chi connectivity index (χ2n) is 6.42. The van der Waals surface area contributed by atoms with Crippen LogP contribution < -0.4 is 0 Å². The third-order valence-corrected chi connectivity index (χ3v) is 6.34. The fourth-order valence-corrected chi connectivity index (χ4v) is 4.60. The number of carbonyl (C=O) groups is 2. The number of ketones is 2. The normalized spacial score (nSPS) is 14.7. The van der Waals surface area contributed by atoms with Crippen molar-refractivity contribution in [2.24, 2.45) is 0 Å². The van der Waals surface area contributed by atoms with E-state index in [1.807, 2.05) is 13.8 Å². The van der Waals surface area contributed by atoms with Crippen molar-refractivity contribution in [3.05, 3.63) is 46.0 Å². The van der Waals surface area contributed by atoms with Crippen molar-refractivity contribution < 1.29 is 23.1 Å². The van der Waals surface area contributed by atoms with Crippen LogP contribution in [0.15, 0.2) is 34.9 Å². The number of Topliss-reactive ketones (excluding diaryl/α,β-unsaturated/α-hetero) is 2. The minimum absolute atomic E-state index is 0.0628. The molecule has 0 atom stereocenters. The predicted molar refractivity (Wildman–Crippen MR) is 103 cm³/mol. The number of fused-ring (bicyclic) bond motifs is 1. The van der Waals surface area contributed by atoms with Gasteiger partial charge in [-0.25, -0.2) is 8.42 Å². The van der Waals surface area contributed by atoms with Crippen LogP contribution in [-0.4, -0.2) is 67.6 Å². The van der Waals surface area contributed by atoms with Gasteiger partial charge in [-0.2, -0.15) is 4.31 Å². The summed E-state index contributed by atoms with van der Waals surface area (Å²) in [5.41, 5.74) is 0.251. The van der Waals surface area contributed by atoms with E-state index in [0.29, 0.717) is 25.9 Å². The third kappa shape index (κ3) is 3.97. The Bertz CT molecular complexity index is 855. The Morgan fingerprint density at radius 2 is 1.44 bits per heavy atom. The molecule has 1 aromatic rings. The molecule has 0 heterocycles. The molecule has 0 unspecified atom stereocenters. The number of allylic oxidation sites excluding steroid dienone is 2. The molecule has 1 N–H and O–H groups in total. The van der Waals surface area contributed by atoms with Gasteiger partial charge in [0.05, 0.1) is 6.61 Å². The first-order valence-corrected chi connectivity index (χ1v) is 10.5. The molecule has 0 aromatic heterocycles.